The second-order valence-electron chi connectivity index (χ2n) is 4.80. The molecule has 2 aromatic rings. The van der Waals surface area contributed by atoms with E-state index in [1.54, 1.807) is 7.05 Å². The van der Waals surface area contributed by atoms with Gasteiger partial charge in [-0.15, -0.1) is 0 Å². The topological polar surface area (TPSA) is 81.2 Å². The largest absolute Gasteiger partial charge is 0.381 e. The third kappa shape index (κ3) is 3.43. The number of benzene rings is 1. The van der Waals surface area contributed by atoms with Gasteiger partial charge in [0.15, 0.2) is 5.82 Å². The van der Waals surface area contributed by atoms with E-state index < -0.39 is 10.0 Å². The van der Waals surface area contributed by atoms with Gasteiger partial charge in [0.2, 0.25) is 10.0 Å². The predicted molar refractivity (Wildman–Crippen MR) is 82.3 cm³/mol. The van der Waals surface area contributed by atoms with Crippen LogP contribution in [0.2, 0.25) is 0 Å². The van der Waals surface area contributed by atoms with E-state index in [0.717, 1.165) is 5.56 Å². The zero-order valence-corrected chi connectivity index (χ0v) is 13.0. The second-order valence-corrected chi connectivity index (χ2v) is 6.81. The molecular weight excluding hydrogens is 288 g/mol. The number of sulfonamides is 1. The maximum absolute atomic E-state index is 12.5. The SMILES string of the molecule is CCn1cc(S(=O)(=O)N(C)CCc2ccccc2)c(N)n1. The molecule has 0 fully saturated rings. The van der Waals surface area contributed by atoms with Crippen LogP contribution in [0.1, 0.15) is 12.5 Å². The molecule has 0 aliphatic heterocycles. The minimum absolute atomic E-state index is 0.0448. The molecule has 21 heavy (non-hydrogen) atoms. The summed E-state index contributed by atoms with van der Waals surface area (Å²) in [4.78, 5) is 0.0694. The number of nitrogens with zero attached hydrogens (tertiary/aromatic N) is 3. The zero-order valence-electron chi connectivity index (χ0n) is 12.2. The lowest BCUT2D eigenvalue weighted by atomic mass is 10.2. The molecule has 0 saturated heterocycles. The maximum atomic E-state index is 12.5. The van der Waals surface area contributed by atoms with Gasteiger partial charge >= 0.3 is 0 Å². The van der Waals surface area contributed by atoms with Crippen LogP contribution in [-0.2, 0) is 23.0 Å². The minimum atomic E-state index is -3.60. The molecular formula is C14H20N4O2S. The van der Waals surface area contributed by atoms with Crippen LogP contribution in [0, 0.1) is 0 Å². The number of nitrogen functional groups attached to an aromatic ring is 1. The van der Waals surface area contributed by atoms with Gasteiger partial charge in [0.1, 0.15) is 4.90 Å². The zero-order chi connectivity index (χ0) is 15.5. The minimum Gasteiger partial charge on any atom is -0.381 e. The fourth-order valence-corrected chi connectivity index (χ4v) is 3.23. The summed E-state index contributed by atoms with van der Waals surface area (Å²) in [5, 5.41) is 3.98. The predicted octanol–water partition coefficient (Wildman–Crippen LogP) is 1.35. The summed E-state index contributed by atoms with van der Waals surface area (Å²) in [5.74, 6) is 0.0448. The molecule has 2 rings (SSSR count). The van der Waals surface area contributed by atoms with Gasteiger partial charge in [-0.1, -0.05) is 30.3 Å². The average Bonchev–Trinajstić information content (AvgIpc) is 2.87. The Balaban J connectivity index is 2.13. The number of anilines is 1. The second kappa shape index (κ2) is 6.28. The highest BCUT2D eigenvalue weighted by Gasteiger charge is 2.25. The molecule has 114 valence electrons. The van der Waals surface area contributed by atoms with Crippen molar-refractivity contribution in [3.63, 3.8) is 0 Å². The van der Waals surface area contributed by atoms with Crippen molar-refractivity contribution in [3.8, 4) is 0 Å². The Bertz CT molecular complexity index is 695. The maximum Gasteiger partial charge on any atom is 0.248 e. The van der Waals surface area contributed by atoms with Gasteiger partial charge in [0, 0.05) is 26.3 Å². The Hall–Kier alpha value is -1.86. The first-order valence-electron chi connectivity index (χ1n) is 6.78. The first-order valence-corrected chi connectivity index (χ1v) is 8.22. The standard InChI is InChI=1S/C14H20N4O2S/c1-3-18-11-13(14(15)16-18)21(19,20)17(2)10-9-12-7-5-4-6-8-12/h4-8,11H,3,9-10H2,1-2H3,(H2,15,16). The third-order valence-corrected chi connectivity index (χ3v) is 5.20. The molecule has 0 bridgehead atoms. The molecule has 1 aromatic carbocycles. The summed E-state index contributed by atoms with van der Waals surface area (Å²) in [6.45, 7) is 2.85. The molecule has 2 N–H and O–H groups in total. The van der Waals surface area contributed by atoms with Gasteiger partial charge in [-0.3, -0.25) is 4.68 Å². The molecule has 0 aliphatic carbocycles. The van der Waals surface area contributed by atoms with Gasteiger partial charge in [-0.25, -0.2) is 12.7 Å². The Morgan fingerprint density at radius 2 is 1.95 bits per heavy atom. The van der Waals surface area contributed by atoms with Gasteiger partial charge in [-0.2, -0.15) is 5.10 Å². The highest BCUT2D eigenvalue weighted by Crippen LogP contribution is 2.20. The fraction of sp³-hybridized carbons (Fsp3) is 0.357. The lowest BCUT2D eigenvalue weighted by Crippen LogP contribution is -2.29. The van der Waals surface area contributed by atoms with Crippen LogP contribution < -0.4 is 5.73 Å². The molecule has 0 aliphatic rings. The van der Waals surface area contributed by atoms with Gasteiger partial charge in [-0.05, 0) is 18.9 Å². The third-order valence-electron chi connectivity index (χ3n) is 3.33. The summed E-state index contributed by atoms with van der Waals surface area (Å²) in [6, 6.07) is 9.76. The molecule has 0 unspecified atom stereocenters. The monoisotopic (exact) mass is 308 g/mol. The molecule has 0 atom stereocenters. The van der Waals surface area contributed by atoms with Crippen LogP contribution in [0.25, 0.3) is 0 Å². The number of hydrogen-bond acceptors (Lipinski definition) is 4. The van der Waals surface area contributed by atoms with E-state index in [1.807, 2.05) is 37.3 Å². The van der Waals surface area contributed by atoms with Crippen molar-refractivity contribution in [2.75, 3.05) is 19.3 Å². The quantitative estimate of drug-likeness (QED) is 0.873. The fourth-order valence-electron chi connectivity index (χ4n) is 2.00. The summed E-state index contributed by atoms with van der Waals surface area (Å²) in [7, 11) is -2.05. The lowest BCUT2D eigenvalue weighted by molar-refractivity contribution is 0.472. The van der Waals surface area contributed by atoms with Crippen LogP contribution >= 0.6 is 0 Å². The molecule has 1 heterocycles. The Kier molecular flexibility index (Phi) is 4.64. The Morgan fingerprint density at radius 1 is 1.29 bits per heavy atom. The molecule has 0 saturated carbocycles. The molecule has 7 heteroatoms. The molecule has 0 spiro atoms. The van der Waals surface area contributed by atoms with E-state index in [-0.39, 0.29) is 10.7 Å². The van der Waals surface area contributed by atoms with Gasteiger partial charge in [0.25, 0.3) is 0 Å². The summed E-state index contributed by atoms with van der Waals surface area (Å²) in [5.41, 5.74) is 6.80. The summed E-state index contributed by atoms with van der Waals surface area (Å²) >= 11 is 0. The average molecular weight is 308 g/mol. The summed E-state index contributed by atoms with van der Waals surface area (Å²) < 4.78 is 27.8. The van der Waals surface area contributed by atoms with E-state index in [0.29, 0.717) is 19.5 Å². The van der Waals surface area contributed by atoms with Gasteiger partial charge < -0.3 is 5.73 Å². The van der Waals surface area contributed by atoms with Crippen LogP contribution in [-0.4, -0.2) is 36.1 Å². The van der Waals surface area contributed by atoms with E-state index >= 15 is 0 Å². The lowest BCUT2D eigenvalue weighted by Gasteiger charge is -2.16. The van der Waals surface area contributed by atoms with Crippen molar-refractivity contribution in [1.29, 1.82) is 0 Å². The van der Waals surface area contributed by atoms with Gasteiger partial charge in [0.05, 0.1) is 0 Å². The Morgan fingerprint density at radius 3 is 2.52 bits per heavy atom. The number of nitrogens with two attached hydrogens (primary N) is 1. The number of hydrogen-bond donors (Lipinski definition) is 1. The van der Waals surface area contributed by atoms with Crippen LogP contribution in [0.5, 0.6) is 0 Å². The van der Waals surface area contributed by atoms with Crippen LogP contribution in [0.15, 0.2) is 41.4 Å². The number of rotatable bonds is 6. The molecule has 0 radical (unpaired) electrons. The van der Waals surface area contributed by atoms with E-state index in [9.17, 15) is 8.42 Å². The highest BCUT2D eigenvalue weighted by molar-refractivity contribution is 7.89. The normalized spacial score (nSPS) is 12.0. The van der Waals surface area contributed by atoms with Crippen molar-refractivity contribution in [1.82, 2.24) is 14.1 Å². The van der Waals surface area contributed by atoms with E-state index in [1.165, 1.54) is 15.2 Å². The highest BCUT2D eigenvalue weighted by atomic mass is 32.2. The van der Waals surface area contributed by atoms with Crippen molar-refractivity contribution in [3.05, 3.63) is 42.1 Å². The van der Waals surface area contributed by atoms with Crippen molar-refractivity contribution in [2.24, 2.45) is 0 Å². The molecule has 1 aromatic heterocycles. The first-order chi connectivity index (χ1) is 9.95. The Labute approximate surface area is 125 Å². The van der Waals surface area contributed by atoms with E-state index in [4.69, 9.17) is 5.73 Å². The van der Waals surface area contributed by atoms with Crippen molar-refractivity contribution < 1.29 is 8.42 Å². The van der Waals surface area contributed by atoms with Crippen molar-refractivity contribution >= 4 is 15.8 Å². The van der Waals surface area contributed by atoms with Crippen molar-refractivity contribution in [2.45, 2.75) is 24.8 Å². The number of aromatic nitrogens is 2. The van der Waals surface area contributed by atoms with E-state index in [2.05, 4.69) is 5.10 Å². The first kappa shape index (κ1) is 15.5. The summed E-state index contributed by atoms with van der Waals surface area (Å²) in [6.07, 6.45) is 2.13. The molecule has 6 nitrogen and oxygen atoms in total. The number of aryl methyl sites for hydroxylation is 1. The molecule has 0 amide bonds. The van der Waals surface area contributed by atoms with Crippen LogP contribution in [0.3, 0.4) is 0 Å². The smallest absolute Gasteiger partial charge is 0.248 e. The number of likely N-dealkylation sites (N-methyl/N-ethyl adjacent to an activating group) is 1. The van der Waals surface area contributed by atoms with Crippen LogP contribution in [0.4, 0.5) is 5.82 Å².